The number of esters is 1. The number of ether oxygens (including phenoxy) is 2. The summed E-state index contributed by atoms with van der Waals surface area (Å²) in [6.45, 7) is 4.09. The molecule has 2 rings (SSSR count). The molecule has 5 N–H and O–H groups in total. The molecule has 0 fully saturated rings. The predicted octanol–water partition coefficient (Wildman–Crippen LogP) is 4.57. The van der Waals surface area contributed by atoms with Crippen molar-refractivity contribution in [3.05, 3.63) is 70.0 Å². The van der Waals surface area contributed by atoms with Crippen molar-refractivity contribution < 1.29 is 14.3 Å². The lowest BCUT2D eigenvalue weighted by atomic mass is 10.1. The molecule has 27 heavy (non-hydrogen) atoms. The number of hydrogen-bond acceptors (Lipinski definition) is 6. The lowest BCUT2D eigenvalue weighted by Gasteiger charge is -2.15. The fourth-order valence-electron chi connectivity index (χ4n) is 1.93. The van der Waals surface area contributed by atoms with Crippen LogP contribution >= 0.6 is 23.2 Å². The summed E-state index contributed by atoms with van der Waals surface area (Å²) in [4.78, 5) is 12.2. The van der Waals surface area contributed by atoms with E-state index in [0.717, 1.165) is 5.56 Å². The van der Waals surface area contributed by atoms with Gasteiger partial charge in [0.1, 0.15) is 0 Å². The Labute approximate surface area is 169 Å². The molecule has 2 aromatic carbocycles. The smallest absolute Gasteiger partial charge is 0.342 e. The van der Waals surface area contributed by atoms with Crippen LogP contribution in [-0.4, -0.2) is 19.4 Å². The number of nitrogens with one attached hydrogen (secondary N) is 1. The number of aryl methyl sites for hydroxylation is 1. The third-order valence-electron chi connectivity index (χ3n) is 3.28. The Bertz CT molecular complexity index is 779. The molecule has 2 aromatic rings. The number of halogens is 2. The van der Waals surface area contributed by atoms with Gasteiger partial charge in [0.2, 0.25) is 0 Å². The fraction of sp³-hybridized carbons (Fsp3) is 0.211. The topological polar surface area (TPSA) is 99.6 Å². The van der Waals surface area contributed by atoms with Crippen LogP contribution in [0.3, 0.4) is 0 Å². The van der Waals surface area contributed by atoms with Crippen LogP contribution in [0.5, 0.6) is 0 Å². The minimum atomic E-state index is -0.485. The number of anilines is 2. The molecule has 0 saturated heterocycles. The predicted molar refractivity (Wildman–Crippen MR) is 110 cm³/mol. The number of para-hydroxylation sites is 1. The minimum Gasteiger partial charge on any atom is -0.435 e. The van der Waals surface area contributed by atoms with Crippen LogP contribution in [0.4, 0.5) is 11.4 Å². The monoisotopic (exact) mass is 411 g/mol. The van der Waals surface area contributed by atoms with E-state index < -0.39 is 5.97 Å². The summed E-state index contributed by atoms with van der Waals surface area (Å²) in [5.74, 6) is -0.485. The van der Waals surface area contributed by atoms with E-state index in [1.807, 2.05) is 19.9 Å². The first-order chi connectivity index (χ1) is 13.0. The summed E-state index contributed by atoms with van der Waals surface area (Å²) in [6.07, 6.45) is 2.56. The Balaban J connectivity index is 0.000000828. The van der Waals surface area contributed by atoms with Crippen LogP contribution < -0.4 is 16.8 Å². The molecular formula is C19H23Cl2N3O3. The highest BCUT2D eigenvalue weighted by atomic mass is 35.5. The van der Waals surface area contributed by atoms with Gasteiger partial charge in [-0.25, -0.2) is 4.79 Å². The van der Waals surface area contributed by atoms with E-state index in [0.29, 0.717) is 33.6 Å². The fourth-order valence-corrected chi connectivity index (χ4v) is 2.40. The average Bonchev–Trinajstić information content (AvgIpc) is 2.69. The molecule has 0 atom stereocenters. The van der Waals surface area contributed by atoms with Crippen molar-refractivity contribution in [2.24, 2.45) is 11.5 Å². The van der Waals surface area contributed by atoms with Crippen molar-refractivity contribution in [2.75, 3.05) is 18.7 Å². The van der Waals surface area contributed by atoms with E-state index in [4.69, 9.17) is 44.1 Å². The van der Waals surface area contributed by atoms with Gasteiger partial charge in [-0.1, -0.05) is 41.4 Å². The molecule has 0 bridgehead atoms. The van der Waals surface area contributed by atoms with Crippen molar-refractivity contribution in [2.45, 2.75) is 13.8 Å². The zero-order valence-electron chi connectivity index (χ0n) is 15.2. The third-order valence-corrected chi connectivity index (χ3v) is 4.08. The quantitative estimate of drug-likeness (QED) is 0.365. The van der Waals surface area contributed by atoms with Crippen LogP contribution in [0.1, 0.15) is 22.8 Å². The summed E-state index contributed by atoms with van der Waals surface area (Å²) < 4.78 is 10.1. The van der Waals surface area contributed by atoms with Gasteiger partial charge < -0.3 is 26.3 Å². The van der Waals surface area contributed by atoms with Gasteiger partial charge in [0.25, 0.3) is 0 Å². The van der Waals surface area contributed by atoms with Crippen molar-refractivity contribution >= 4 is 40.5 Å². The number of hydrogen-bond donors (Lipinski definition) is 3. The molecule has 0 amide bonds. The van der Waals surface area contributed by atoms with Crippen molar-refractivity contribution in [3.8, 4) is 0 Å². The van der Waals surface area contributed by atoms with Crippen LogP contribution in [-0.2, 0) is 9.47 Å². The molecule has 6 nitrogen and oxygen atoms in total. The first-order valence-electron chi connectivity index (χ1n) is 8.10. The van der Waals surface area contributed by atoms with Crippen LogP contribution in [0, 0.1) is 6.92 Å². The highest BCUT2D eigenvalue weighted by Gasteiger charge is 2.15. The van der Waals surface area contributed by atoms with E-state index in [1.165, 1.54) is 12.4 Å². The average molecular weight is 412 g/mol. The molecule has 0 spiro atoms. The lowest BCUT2D eigenvalue weighted by molar-refractivity contribution is -0.0273. The van der Waals surface area contributed by atoms with Gasteiger partial charge >= 0.3 is 5.97 Å². The van der Waals surface area contributed by atoms with Gasteiger partial charge in [-0.15, -0.1) is 0 Å². The van der Waals surface area contributed by atoms with Crippen LogP contribution in [0.25, 0.3) is 0 Å². The SMILES string of the molecule is CCOCOC(=O)c1ccccc1Nc1c(Cl)ccc(C)c1Cl.N/C=C/N. The molecule has 0 aliphatic rings. The number of carbonyl (C=O) groups excluding carboxylic acids is 1. The Morgan fingerprint density at radius 1 is 1.15 bits per heavy atom. The summed E-state index contributed by atoms with van der Waals surface area (Å²) in [5, 5.41) is 4.10. The van der Waals surface area contributed by atoms with Gasteiger partial charge in [-0.05, 0) is 37.6 Å². The number of rotatable bonds is 6. The summed E-state index contributed by atoms with van der Waals surface area (Å²) in [7, 11) is 0. The molecule has 0 heterocycles. The van der Waals surface area contributed by atoms with Crippen LogP contribution in [0.15, 0.2) is 48.8 Å². The van der Waals surface area contributed by atoms with E-state index in [-0.39, 0.29) is 6.79 Å². The lowest BCUT2D eigenvalue weighted by Crippen LogP contribution is -2.11. The Morgan fingerprint density at radius 3 is 2.44 bits per heavy atom. The normalized spacial score (nSPS) is 10.2. The number of nitrogens with two attached hydrogens (primary N) is 2. The summed E-state index contributed by atoms with van der Waals surface area (Å²) in [6, 6.07) is 10.6. The molecular weight excluding hydrogens is 389 g/mol. The highest BCUT2D eigenvalue weighted by Crippen LogP contribution is 2.36. The molecule has 0 saturated carbocycles. The third kappa shape index (κ3) is 7.02. The van der Waals surface area contributed by atoms with Gasteiger partial charge in [0.05, 0.1) is 27.0 Å². The second kappa shape index (κ2) is 12.1. The van der Waals surface area contributed by atoms with Gasteiger partial charge in [0.15, 0.2) is 6.79 Å². The van der Waals surface area contributed by atoms with E-state index in [1.54, 1.807) is 30.3 Å². The maximum atomic E-state index is 12.2. The molecule has 0 radical (unpaired) electrons. The minimum absolute atomic E-state index is 0.0877. The van der Waals surface area contributed by atoms with Gasteiger partial charge in [-0.2, -0.15) is 0 Å². The maximum Gasteiger partial charge on any atom is 0.342 e. The van der Waals surface area contributed by atoms with E-state index >= 15 is 0 Å². The Kier molecular flexibility index (Phi) is 10.1. The largest absolute Gasteiger partial charge is 0.435 e. The van der Waals surface area contributed by atoms with E-state index in [9.17, 15) is 4.79 Å². The molecule has 0 unspecified atom stereocenters. The number of benzene rings is 2. The first kappa shape index (κ1) is 22.6. The van der Waals surface area contributed by atoms with Gasteiger partial charge in [-0.3, -0.25) is 0 Å². The molecule has 146 valence electrons. The molecule has 0 aliphatic heterocycles. The highest BCUT2D eigenvalue weighted by molar-refractivity contribution is 6.39. The second-order valence-corrected chi connectivity index (χ2v) is 5.94. The van der Waals surface area contributed by atoms with Crippen molar-refractivity contribution in [3.63, 3.8) is 0 Å². The van der Waals surface area contributed by atoms with Crippen molar-refractivity contribution in [1.82, 2.24) is 0 Å². The van der Waals surface area contributed by atoms with Crippen molar-refractivity contribution in [1.29, 1.82) is 0 Å². The summed E-state index contributed by atoms with van der Waals surface area (Å²) >= 11 is 12.5. The number of carbonyl (C=O) groups is 1. The molecule has 0 aliphatic carbocycles. The maximum absolute atomic E-state index is 12.2. The molecule has 0 aromatic heterocycles. The zero-order valence-corrected chi connectivity index (χ0v) is 16.7. The summed E-state index contributed by atoms with van der Waals surface area (Å²) in [5.41, 5.74) is 11.8. The Hall–Kier alpha value is -2.41. The molecule has 8 heteroatoms. The standard InChI is InChI=1S/C17H17Cl2NO3.C2H6N2/c1-3-22-10-23-17(21)12-6-4-5-7-14(12)20-16-13(18)9-8-11(2)15(16)19;3-1-2-4/h4-9,20H,3,10H2,1-2H3;1-2H,3-4H2/b;2-1+. The van der Waals surface area contributed by atoms with Gasteiger partial charge in [0, 0.05) is 19.0 Å². The Morgan fingerprint density at radius 2 is 1.81 bits per heavy atom. The van der Waals surface area contributed by atoms with Crippen LogP contribution in [0.2, 0.25) is 10.0 Å². The van der Waals surface area contributed by atoms with E-state index in [2.05, 4.69) is 5.32 Å². The zero-order chi connectivity index (χ0) is 20.2. The first-order valence-corrected chi connectivity index (χ1v) is 8.85. The second-order valence-electron chi connectivity index (χ2n) is 5.15.